The molecule has 3 aromatic carbocycles. The number of carbonyl (C=O) groups is 1. The van der Waals surface area contributed by atoms with E-state index in [4.69, 9.17) is 30.1 Å². The van der Waals surface area contributed by atoms with Crippen LogP contribution < -0.4 is 0 Å². The zero-order chi connectivity index (χ0) is 25.9. The van der Waals surface area contributed by atoms with Gasteiger partial charge in [0.2, 0.25) is 0 Å². The van der Waals surface area contributed by atoms with Crippen molar-refractivity contribution in [1.29, 1.82) is 0 Å². The molecule has 3 aromatic rings. The average molecular weight is 501 g/mol. The number of esters is 1. The highest BCUT2D eigenvalue weighted by atomic mass is 16.6. The minimum atomic E-state index is -0.721. The maximum atomic E-state index is 11.6. The standard InChI is InChI=1S/C31H32O6/c1-3-27-29(34-19-24-13-7-4-8-14-24)31(36-21-26-17-11-6-12-18-26)30(28(37-27)22-33-23(2)32)35-20-25-15-9-5-10-16-25/h1,4-18,27-31H,19-22H2,2H3/t27-,28-,29-,30-,31-/m1/s1. The van der Waals surface area contributed by atoms with E-state index >= 15 is 0 Å². The fourth-order valence-corrected chi connectivity index (χ4v) is 4.26. The van der Waals surface area contributed by atoms with Crippen LogP contribution in [0.4, 0.5) is 0 Å². The van der Waals surface area contributed by atoms with Crippen molar-refractivity contribution in [3.63, 3.8) is 0 Å². The zero-order valence-corrected chi connectivity index (χ0v) is 20.9. The first-order valence-corrected chi connectivity index (χ1v) is 12.4. The fraction of sp³-hybridized carbons (Fsp3) is 0.323. The topological polar surface area (TPSA) is 63.2 Å². The number of hydrogen-bond acceptors (Lipinski definition) is 6. The second-order valence-electron chi connectivity index (χ2n) is 8.85. The molecule has 1 saturated heterocycles. The highest BCUT2D eigenvalue weighted by Gasteiger charge is 2.48. The predicted octanol–water partition coefficient (Wildman–Crippen LogP) is 4.71. The first-order valence-electron chi connectivity index (χ1n) is 12.4. The summed E-state index contributed by atoms with van der Waals surface area (Å²) in [5.41, 5.74) is 3.01. The lowest BCUT2D eigenvalue weighted by atomic mass is 9.94. The lowest BCUT2D eigenvalue weighted by molar-refractivity contribution is -0.259. The molecule has 0 aromatic heterocycles. The molecule has 0 bridgehead atoms. The molecular weight excluding hydrogens is 468 g/mol. The third kappa shape index (κ3) is 7.75. The summed E-state index contributed by atoms with van der Waals surface area (Å²) in [6.45, 7) is 2.33. The van der Waals surface area contributed by atoms with Crippen LogP contribution in [0.1, 0.15) is 23.6 Å². The van der Waals surface area contributed by atoms with Gasteiger partial charge in [0.25, 0.3) is 0 Å². The molecule has 0 spiro atoms. The van der Waals surface area contributed by atoms with Crippen LogP contribution in [0, 0.1) is 12.3 Å². The Morgan fingerprint density at radius 3 is 1.59 bits per heavy atom. The van der Waals surface area contributed by atoms with Crippen LogP contribution in [0.2, 0.25) is 0 Å². The molecule has 1 aliphatic rings. The van der Waals surface area contributed by atoms with E-state index in [0.29, 0.717) is 19.8 Å². The second-order valence-corrected chi connectivity index (χ2v) is 8.85. The SMILES string of the molecule is C#C[C@H]1O[C@H](COC(C)=O)[C@@H](OCc2ccccc2)[C@H](OCc2ccccc2)[C@@H]1OCc1ccccc1. The molecule has 6 nitrogen and oxygen atoms in total. The van der Waals surface area contributed by atoms with Crippen LogP contribution in [0.5, 0.6) is 0 Å². The van der Waals surface area contributed by atoms with Gasteiger partial charge in [-0.3, -0.25) is 4.79 Å². The Bertz CT molecular complexity index is 1130. The summed E-state index contributed by atoms with van der Waals surface area (Å²) in [5.74, 6) is 2.30. The van der Waals surface area contributed by atoms with Crippen molar-refractivity contribution in [2.75, 3.05) is 6.61 Å². The molecule has 1 heterocycles. The van der Waals surface area contributed by atoms with E-state index in [1.165, 1.54) is 6.92 Å². The van der Waals surface area contributed by atoms with E-state index in [-0.39, 0.29) is 6.61 Å². The molecule has 0 saturated carbocycles. The van der Waals surface area contributed by atoms with Crippen molar-refractivity contribution in [3.8, 4) is 12.3 Å². The van der Waals surface area contributed by atoms with E-state index < -0.39 is 36.5 Å². The molecule has 0 amide bonds. The first-order chi connectivity index (χ1) is 18.1. The quantitative estimate of drug-likeness (QED) is 0.281. The molecule has 0 N–H and O–H groups in total. The average Bonchev–Trinajstić information content (AvgIpc) is 2.94. The molecule has 4 rings (SSSR count). The lowest BCUT2D eigenvalue weighted by Gasteiger charge is -2.44. The van der Waals surface area contributed by atoms with Crippen molar-refractivity contribution in [3.05, 3.63) is 108 Å². The molecule has 37 heavy (non-hydrogen) atoms. The first kappa shape index (κ1) is 26.6. The van der Waals surface area contributed by atoms with E-state index in [2.05, 4.69) is 5.92 Å². The monoisotopic (exact) mass is 500 g/mol. The van der Waals surface area contributed by atoms with Crippen molar-refractivity contribution in [2.24, 2.45) is 0 Å². The summed E-state index contributed by atoms with van der Waals surface area (Å²) in [6, 6.07) is 29.5. The Morgan fingerprint density at radius 1 is 0.730 bits per heavy atom. The third-order valence-corrected chi connectivity index (χ3v) is 6.10. The van der Waals surface area contributed by atoms with Crippen LogP contribution in [-0.4, -0.2) is 43.1 Å². The van der Waals surface area contributed by atoms with Crippen LogP contribution in [0.15, 0.2) is 91.0 Å². The van der Waals surface area contributed by atoms with Gasteiger partial charge in [0.05, 0.1) is 19.8 Å². The van der Waals surface area contributed by atoms with Gasteiger partial charge in [0, 0.05) is 6.92 Å². The van der Waals surface area contributed by atoms with Crippen molar-refractivity contribution < 1.29 is 28.5 Å². The van der Waals surface area contributed by atoms with Gasteiger partial charge >= 0.3 is 5.97 Å². The number of carbonyl (C=O) groups excluding carboxylic acids is 1. The molecule has 0 unspecified atom stereocenters. The highest BCUT2D eigenvalue weighted by Crippen LogP contribution is 2.30. The molecule has 192 valence electrons. The summed E-state index contributed by atoms with van der Waals surface area (Å²) < 4.78 is 30.8. The number of ether oxygens (including phenoxy) is 5. The van der Waals surface area contributed by atoms with Crippen LogP contribution >= 0.6 is 0 Å². The van der Waals surface area contributed by atoms with Gasteiger partial charge in [-0.05, 0) is 16.7 Å². The Kier molecular flexibility index (Phi) is 9.87. The predicted molar refractivity (Wildman–Crippen MR) is 139 cm³/mol. The Hall–Kier alpha value is -3.47. The minimum Gasteiger partial charge on any atom is -0.463 e. The van der Waals surface area contributed by atoms with Gasteiger partial charge in [-0.1, -0.05) is 96.9 Å². The second kappa shape index (κ2) is 13.7. The highest BCUT2D eigenvalue weighted by molar-refractivity contribution is 5.65. The summed E-state index contributed by atoms with van der Waals surface area (Å²) in [6.07, 6.45) is 2.76. The third-order valence-electron chi connectivity index (χ3n) is 6.10. The van der Waals surface area contributed by atoms with Gasteiger partial charge in [0.15, 0.2) is 0 Å². The van der Waals surface area contributed by atoms with Gasteiger partial charge in [-0.15, -0.1) is 6.42 Å². The van der Waals surface area contributed by atoms with Crippen LogP contribution in [0.3, 0.4) is 0 Å². The van der Waals surface area contributed by atoms with E-state index in [9.17, 15) is 4.79 Å². The summed E-state index contributed by atoms with van der Waals surface area (Å²) in [7, 11) is 0. The van der Waals surface area contributed by atoms with E-state index in [1.807, 2.05) is 91.0 Å². The van der Waals surface area contributed by atoms with E-state index in [1.54, 1.807) is 0 Å². The Balaban J connectivity index is 1.60. The molecule has 0 aliphatic carbocycles. The van der Waals surface area contributed by atoms with E-state index in [0.717, 1.165) is 16.7 Å². The number of benzene rings is 3. The number of rotatable bonds is 11. The van der Waals surface area contributed by atoms with Crippen molar-refractivity contribution >= 4 is 5.97 Å². The molecular formula is C31H32O6. The minimum absolute atomic E-state index is 0.0103. The largest absolute Gasteiger partial charge is 0.463 e. The number of terminal acetylenes is 1. The molecule has 5 atom stereocenters. The lowest BCUT2D eigenvalue weighted by Crippen LogP contribution is -2.61. The molecule has 0 radical (unpaired) electrons. The zero-order valence-electron chi connectivity index (χ0n) is 20.9. The van der Waals surface area contributed by atoms with Gasteiger partial charge in [-0.25, -0.2) is 0 Å². The van der Waals surface area contributed by atoms with Crippen molar-refractivity contribution in [2.45, 2.75) is 57.3 Å². The maximum Gasteiger partial charge on any atom is 0.302 e. The Labute approximate surface area is 218 Å². The fourth-order valence-electron chi connectivity index (χ4n) is 4.26. The van der Waals surface area contributed by atoms with Gasteiger partial charge < -0.3 is 23.7 Å². The smallest absolute Gasteiger partial charge is 0.302 e. The van der Waals surface area contributed by atoms with Gasteiger partial charge in [0.1, 0.15) is 37.1 Å². The van der Waals surface area contributed by atoms with Crippen LogP contribution in [0.25, 0.3) is 0 Å². The Morgan fingerprint density at radius 2 is 1.16 bits per heavy atom. The molecule has 1 aliphatic heterocycles. The summed E-state index contributed by atoms with van der Waals surface area (Å²) >= 11 is 0. The van der Waals surface area contributed by atoms with Crippen molar-refractivity contribution in [1.82, 2.24) is 0 Å². The summed E-state index contributed by atoms with van der Waals surface area (Å²) in [4.78, 5) is 11.6. The molecule has 1 fully saturated rings. The summed E-state index contributed by atoms with van der Waals surface area (Å²) in [5, 5.41) is 0. The maximum absolute atomic E-state index is 11.6. The van der Waals surface area contributed by atoms with Gasteiger partial charge in [-0.2, -0.15) is 0 Å². The van der Waals surface area contributed by atoms with Crippen LogP contribution in [-0.2, 0) is 48.3 Å². The molecule has 6 heteroatoms. The normalized spacial score (nSPS) is 23.2. The number of hydrogen-bond donors (Lipinski definition) is 0.